The van der Waals surface area contributed by atoms with E-state index in [1.54, 1.807) is 11.1 Å². The summed E-state index contributed by atoms with van der Waals surface area (Å²) in [6.07, 6.45) is 6.46. The van der Waals surface area contributed by atoms with Crippen LogP contribution in [0.5, 0.6) is 0 Å². The summed E-state index contributed by atoms with van der Waals surface area (Å²) in [7, 11) is 0. The van der Waals surface area contributed by atoms with Crippen LogP contribution in [0, 0.1) is 5.41 Å². The van der Waals surface area contributed by atoms with Gasteiger partial charge in [0.1, 0.15) is 0 Å². The van der Waals surface area contributed by atoms with Crippen LogP contribution in [-0.2, 0) is 12.8 Å². The predicted molar refractivity (Wildman–Crippen MR) is 83.6 cm³/mol. The van der Waals surface area contributed by atoms with Gasteiger partial charge in [0.15, 0.2) is 0 Å². The Morgan fingerprint density at radius 1 is 1.11 bits per heavy atom. The molecule has 1 unspecified atom stereocenters. The fourth-order valence-electron chi connectivity index (χ4n) is 3.15. The van der Waals surface area contributed by atoms with Crippen LogP contribution in [0.3, 0.4) is 0 Å². The summed E-state index contributed by atoms with van der Waals surface area (Å²) in [4.78, 5) is 0. The van der Waals surface area contributed by atoms with E-state index in [1.165, 1.54) is 37.7 Å². The quantitative estimate of drug-likeness (QED) is 0.829. The Morgan fingerprint density at radius 2 is 1.79 bits per heavy atom. The normalized spacial score (nSPS) is 17.1. The highest BCUT2D eigenvalue weighted by Crippen LogP contribution is 2.34. The monoisotopic (exact) mass is 259 g/mol. The van der Waals surface area contributed by atoms with E-state index >= 15 is 0 Å². The number of benzene rings is 1. The Kier molecular flexibility index (Phi) is 4.67. The van der Waals surface area contributed by atoms with Crippen molar-refractivity contribution in [1.29, 1.82) is 0 Å². The van der Waals surface area contributed by atoms with Crippen LogP contribution in [0.25, 0.3) is 0 Å². The van der Waals surface area contributed by atoms with E-state index in [1.807, 2.05) is 0 Å². The van der Waals surface area contributed by atoms with Gasteiger partial charge >= 0.3 is 0 Å². The zero-order valence-electron chi connectivity index (χ0n) is 13.1. The lowest BCUT2D eigenvalue weighted by Gasteiger charge is -2.33. The second-order valence-corrected chi connectivity index (χ2v) is 6.99. The fourth-order valence-corrected chi connectivity index (χ4v) is 3.15. The molecule has 0 radical (unpaired) electrons. The Bertz CT molecular complexity index is 414. The van der Waals surface area contributed by atoms with Crippen molar-refractivity contribution in [2.45, 2.75) is 65.8 Å². The Balaban J connectivity index is 2.26. The molecule has 1 N–H and O–H groups in total. The number of aryl methyl sites for hydroxylation is 2. The lowest BCUT2D eigenvalue weighted by Crippen LogP contribution is -2.33. The van der Waals surface area contributed by atoms with Crippen molar-refractivity contribution in [3.63, 3.8) is 0 Å². The molecule has 0 spiro atoms. The molecule has 106 valence electrons. The third-order valence-electron chi connectivity index (χ3n) is 4.17. The highest BCUT2D eigenvalue weighted by atomic mass is 14.9. The van der Waals surface area contributed by atoms with E-state index in [2.05, 4.69) is 51.2 Å². The van der Waals surface area contributed by atoms with Crippen LogP contribution in [0.15, 0.2) is 18.2 Å². The zero-order chi connectivity index (χ0) is 13.9. The minimum atomic E-state index is 0.262. The van der Waals surface area contributed by atoms with Gasteiger partial charge in [-0.15, -0.1) is 0 Å². The second-order valence-electron chi connectivity index (χ2n) is 6.99. The Hall–Kier alpha value is -0.820. The predicted octanol–water partition coefficient (Wildman–Crippen LogP) is 4.65. The molecule has 2 rings (SSSR count). The van der Waals surface area contributed by atoms with Crippen LogP contribution in [0.1, 0.15) is 69.7 Å². The Morgan fingerprint density at radius 3 is 2.42 bits per heavy atom. The number of hydrogen-bond acceptors (Lipinski definition) is 1. The molecule has 0 saturated heterocycles. The molecule has 1 atom stereocenters. The summed E-state index contributed by atoms with van der Waals surface area (Å²) in [5.41, 5.74) is 4.91. The minimum absolute atomic E-state index is 0.262. The van der Waals surface area contributed by atoms with Gasteiger partial charge in [0.2, 0.25) is 0 Å². The lowest BCUT2D eigenvalue weighted by atomic mass is 9.80. The number of nitrogens with one attached hydrogen (secondary N) is 1. The van der Waals surface area contributed by atoms with Crippen molar-refractivity contribution in [2.75, 3.05) is 6.54 Å². The molecule has 0 amide bonds. The molecule has 1 aliphatic rings. The van der Waals surface area contributed by atoms with Crippen molar-refractivity contribution < 1.29 is 0 Å². The maximum absolute atomic E-state index is 3.73. The first-order chi connectivity index (χ1) is 9.02. The molecule has 1 aromatic rings. The van der Waals surface area contributed by atoms with E-state index in [-0.39, 0.29) is 5.41 Å². The van der Waals surface area contributed by atoms with Gasteiger partial charge in [-0.1, -0.05) is 45.9 Å². The first-order valence-electron chi connectivity index (χ1n) is 7.87. The molecular formula is C18H29N. The number of rotatable bonds is 4. The van der Waals surface area contributed by atoms with Gasteiger partial charge in [0.25, 0.3) is 0 Å². The van der Waals surface area contributed by atoms with Crippen molar-refractivity contribution in [2.24, 2.45) is 5.41 Å². The first kappa shape index (κ1) is 14.6. The minimum Gasteiger partial charge on any atom is -0.309 e. The molecule has 0 bridgehead atoms. The molecule has 19 heavy (non-hydrogen) atoms. The van der Waals surface area contributed by atoms with Gasteiger partial charge < -0.3 is 5.32 Å². The summed E-state index contributed by atoms with van der Waals surface area (Å²) >= 11 is 0. The average Bonchev–Trinajstić information content (AvgIpc) is 2.37. The number of hydrogen-bond donors (Lipinski definition) is 1. The molecule has 0 aliphatic heterocycles. The van der Waals surface area contributed by atoms with E-state index in [9.17, 15) is 0 Å². The molecule has 0 fully saturated rings. The third-order valence-corrected chi connectivity index (χ3v) is 4.17. The average molecular weight is 259 g/mol. The maximum Gasteiger partial charge on any atom is 0.0369 e. The molecule has 1 aliphatic carbocycles. The van der Waals surface area contributed by atoms with Gasteiger partial charge in [0.05, 0.1) is 0 Å². The van der Waals surface area contributed by atoms with Crippen LogP contribution in [0.2, 0.25) is 0 Å². The standard InChI is InChI=1S/C18H29N/c1-5-12-19-17(18(2,3)4)16-11-10-14-8-6-7-9-15(14)13-16/h10-11,13,17,19H,5-9,12H2,1-4H3. The van der Waals surface area contributed by atoms with Gasteiger partial charge in [0, 0.05) is 6.04 Å². The summed E-state index contributed by atoms with van der Waals surface area (Å²) in [6, 6.07) is 7.64. The highest BCUT2D eigenvalue weighted by molar-refractivity contribution is 5.35. The fraction of sp³-hybridized carbons (Fsp3) is 0.667. The van der Waals surface area contributed by atoms with Crippen molar-refractivity contribution in [3.8, 4) is 0 Å². The molecule has 1 heteroatoms. The largest absolute Gasteiger partial charge is 0.309 e. The smallest absolute Gasteiger partial charge is 0.0369 e. The molecular weight excluding hydrogens is 230 g/mol. The van der Waals surface area contributed by atoms with Crippen molar-refractivity contribution >= 4 is 0 Å². The van der Waals surface area contributed by atoms with Gasteiger partial charge in [-0.25, -0.2) is 0 Å². The van der Waals surface area contributed by atoms with Crippen molar-refractivity contribution in [1.82, 2.24) is 5.32 Å². The van der Waals surface area contributed by atoms with Gasteiger partial charge in [-0.3, -0.25) is 0 Å². The van der Waals surface area contributed by atoms with E-state index in [0.29, 0.717) is 6.04 Å². The summed E-state index contributed by atoms with van der Waals surface area (Å²) in [5, 5.41) is 3.73. The highest BCUT2D eigenvalue weighted by Gasteiger charge is 2.26. The molecule has 0 heterocycles. The summed E-state index contributed by atoms with van der Waals surface area (Å²) in [5.74, 6) is 0. The summed E-state index contributed by atoms with van der Waals surface area (Å²) < 4.78 is 0. The lowest BCUT2D eigenvalue weighted by molar-refractivity contribution is 0.273. The van der Waals surface area contributed by atoms with E-state index < -0.39 is 0 Å². The Labute approximate surface area is 118 Å². The second kappa shape index (κ2) is 6.09. The van der Waals surface area contributed by atoms with Crippen LogP contribution >= 0.6 is 0 Å². The van der Waals surface area contributed by atoms with Gasteiger partial charge in [-0.05, 0) is 60.8 Å². The molecule has 1 nitrogen and oxygen atoms in total. The molecule has 1 aromatic carbocycles. The van der Waals surface area contributed by atoms with Gasteiger partial charge in [-0.2, -0.15) is 0 Å². The molecule has 0 saturated carbocycles. The third kappa shape index (κ3) is 3.60. The first-order valence-corrected chi connectivity index (χ1v) is 7.87. The van der Waals surface area contributed by atoms with E-state index in [4.69, 9.17) is 0 Å². The van der Waals surface area contributed by atoms with E-state index in [0.717, 1.165) is 6.54 Å². The topological polar surface area (TPSA) is 12.0 Å². The SMILES string of the molecule is CCCNC(c1ccc2c(c1)CCCC2)C(C)(C)C. The van der Waals surface area contributed by atoms with Crippen LogP contribution < -0.4 is 5.32 Å². The zero-order valence-corrected chi connectivity index (χ0v) is 13.1. The van der Waals surface area contributed by atoms with Crippen LogP contribution in [0.4, 0.5) is 0 Å². The maximum atomic E-state index is 3.73. The summed E-state index contributed by atoms with van der Waals surface area (Å²) in [6.45, 7) is 10.3. The van der Waals surface area contributed by atoms with Crippen LogP contribution in [-0.4, -0.2) is 6.54 Å². The molecule has 0 aromatic heterocycles. The number of fused-ring (bicyclic) bond motifs is 1. The van der Waals surface area contributed by atoms with Crippen molar-refractivity contribution in [3.05, 3.63) is 34.9 Å².